The van der Waals surface area contributed by atoms with Gasteiger partial charge >= 0.3 is 0 Å². The third-order valence-corrected chi connectivity index (χ3v) is 23.2. The Morgan fingerprint density at radius 1 is 0.233 bits per heavy atom. The van der Waals surface area contributed by atoms with Gasteiger partial charge in [-0.3, -0.25) is 42.5 Å². The Balaban J connectivity index is 0.00000711. The smallest absolute Gasteiger partial charge is 0.0631 e. The van der Waals surface area contributed by atoms with Crippen LogP contribution in [-0.2, 0) is 17.1 Å². The van der Waals surface area contributed by atoms with Crippen molar-refractivity contribution in [3.05, 3.63) is 0 Å². The summed E-state index contributed by atoms with van der Waals surface area (Å²) >= 11 is 0. The van der Waals surface area contributed by atoms with Crippen LogP contribution in [0.3, 0.4) is 0 Å². The first-order valence-electron chi connectivity index (χ1n) is 33.5. The van der Waals surface area contributed by atoms with E-state index in [-0.39, 0.29) is 17.1 Å². The van der Waals surface area contributed by atoms with Gasteiger partial charge in [-0.25, -0.2) is 0 Å². The molecule has 9 aliphatic rings. The van der Waals surface area contributed by atoms with Crippen LogP contribution < -0.4 is 42.5 Å². The van der Waals surface area contributed by atoms with Gasteiger partial charge in [-0.2, -0.15) is 0 Å². The van der Waals surface area contributed by atoms with Crippen molar-refractivity contribution in [3.63, 3.8) is 0 Å². The van der Waals surface area contributed by atoms with Crippen LogP contribution >= 0.6 is 0 Å². The molecule has 9 fully saturated rings. The fourth-order valence-corrected chi connectivity index (χ4v) is 20.1. The molecule has 9 heteroatoms. The van der Waals surface area contributed by atoms with Crippen molar-refractivity contribution in [3.8, 4) is 0 Å². The predicted octanol–water partition coefficient (Wildman–Crippen LogP) is 13.9. The molecule has 5 saturated heterocycles. The number of rotatable bonds is 24. The average molecular weight is 1070 g/mol. The van der Waals surface area contributed by atoms with E-state index in [1.165, 1.54) is 205 Å². The van der Waals surface area contributed by atoms with E-state index in [0.29, 0.717) is 96.7 Å². The molecule has 8 bridgehead atoms. The van der Waals surface area contributed by atoms with E-state index in [4.69, 9.17) is 26.6 Å². The molecule has 1 radical (unpaired) electrons. The first kappa shape index (κ1) is 59.3. The molecule has 0 aromatic carbocycles. The summed E-state index contributed by atoms with van der Waals surface area (Å²) in [4.78, 5) is 0. The molecule has 9 rings (SSSR count). The van der Waals surface area contributed by atoms with Gasteiger partial charge in [0.05, 0.1) is 49.3 Å². The summed E-state index contributed by atoms with van der Waals surface area (Å²) in [6.07, 6.45) is 47.0. The van der Waals surface area contributed by atoms with Gasteiger partial charge in [0.1, 0.15) is 0 Å². The fourth-order valence-electron chi connectivity index (χ4n) is 20.1. The monoisotopic (exact) mass is 1060 g/mol. The van der Waals surface area contributed by atoms with Crippen molar-refractivity contribution in [2.45, 2.75) is 310 Å². The zero-order chi connectivity index (χ0) is 50.1. The van der Waals surface area contributed by atoms with E-state index in [2.05, 4.69) is 71.3 Å². The first-order chi connectivity index (χ1) is 35.4. The van der Waals surface area contributed by atoms with Gasteiger partial charge in [-0.15, -0.1) is 0 Å². The molecule has 24 atom stereocenters. The molecule has 427 valence electrons. The van der Waals surface area contributed by atoms with Gasteiger partial charge < -0.3 is 0 Å². The van der Waals surface area contributed by atoms with Crippen LogP contribution in [0.4, 0.5) is 0 Å². The van der Waals surface area contributed by atoms with Gasteiger partial charge in [0.2, 0.25) is 0 Å². The summed E-state index contributed by atoms with van der Waals surface area (Å²) in [5.41, 5.74) is 0. The normalized spacial score (nSPS) is 45.0. The largest absolute Gasteiger partial charge is 0.286 e. The number of hydrogen-bond donors (Lipinski definition) is 8. The minimum Gasteiger partial charge on any atom is -0.286 e. The molecule has 8 nitrogen and oxygen atoms in total. The third-order valence-electron chi connectivity index (χ3n) is 23.2. The zero-order valence-electron chi connectivity index (χ0n) is 48.8. The molecule has 24 unspecified atom stereocenters. The molecule has 0 aromatic heterocycles. The maximum Gasteiger partial charge on any atom is 0.0631 e. The second-order valence-electron chi connectivity index (χ2n) is 27.1. The Labute approximate surface area is 462 Å². The van der Waals surface area contributed by atoms with Crippen molar-refractivity contribution in [2.75, 3.05) is 0 Å². The van der Waals surface area contributed by atoms with E-state index in [1.807, 2.05) is 0 Å². The van der Waals surface area contributed by atoms with Crippen LogP contribution in [0.1, 0.15) is 261 Å². The number of nitrogens with one attached hydrogen (secondary N) is 8. The Bertz CT molecular complexity index is 1460. The van der Waals surface area contributed by atoms with E-state index in [0.717, 1.165) is 47.3 Å². The molecule has 0 aromatic rings. The number of hydrogen-bond acceptors (Lipinski definition) is 8. The molecule has 5 aliphatic heterocycles. The maximum atomic E-state index is 4.90. The minimum absolute atomic E-state index is 0. The molecule has 5 heterocycles. The van der Waals surface area contributed by atoms with Crippen LogP contribution in [0.5, 0.6) is 0 Å². The van der Waals surface area contributed by atoms with E-state index >= 15 is 0 Å². The Kier molecular flexibility index (Phi) is 23.6. The van der Waals surface area contributed by atoms with Crippen LogP contribution in [0.25, 0.3) is 0 Å². The van der Waals surface area contributed by atoms with Crippen LogP contribution in [0.2, 0.25) is 0 Å². The quantitative estimate of drug-likeness (QED) is 0.0453. The van der Waals surface area contributed by atoms with Crippen molar-refractivity contribution < 1.29 is 17.1 Å². The Morgan fingerprint density at radius 3 is 0.589 bits per heavy atom. The average Bonchev–Trinajstić information content (AvgIpc) is 4.14. The summed E-state index contributed by atoms with van der Waals surface area (Å²) in [6, 6.07) is 0. The van der Waals surface area contributed by atoms with Crippen molar-refractivity contribution >= 4 is 0 Å². The summed E-state index contributed by atoms with van der Waals surface area (Å²) in [5, 5.41) is 37.2. The van der Waals surface area contributed by atoms with Crippen LogP contribution in [0.15, 0.2) is 0 Å². The van der Waals surface area contributed by atoms with Crippen molar-refractivity contribution in [1.29, 1.82) is 0 Å². The summed E-state index contributed by atoms with van der Waals surface area (Å²) < 4.78 is 0. The number of fused-ring (bicyclic) bond motifs is 20. The molecule has 73 heavy (non-hydrogen) atoms. The Morgan fingerprint density at radius 2 is 0.397 bits per heavy atom. The Hall–Kier alpha value is 0.199. The summed E-state index contributed by atoms with van der Waals surface area (Å²) in [7, 11) is 0. The zero-order valence-corrected chi connectivity index (χ0v) is 49.7. The summed E-state index contributed by atoms with van der Waals surface area (Å²) in [6.45, 7) is 19.8. The SMILES string of the molecule is CCCCC1C(CCCC)C(CCCC)C2C3NC(NC4NC(NC5NC(NC6NC(N3)C3C(CCCC)C(CCCC)C(CCCC)C(CCCC)C63)C3CCCCC53)C3CCCCC43)C2C1CCCC.[Cu]. The van der Waals surface area contributed by atoms with Gasteiger partial charge in [-0.05, 0) is 172 Å². The van der Waals surface area contributed by atoms with Gasteiger partial charge in [-0.1, -0.05) is 184 Å². The maximum absolute atomic E-state index is 4.90. The minimum atomic E-state index is 0. The van der Waals surface area contributed by atoms with Crippen LogP contribution in [0, 0.1) is 94.7 Å². The van der Waals surface area contributed by atoms with Crippen molar-refractivity contribution in [2.24, 2.45) is 94.7 Å². The van der Waals surface area contributed by atoms with E-state index in [1.54, 1.807) is 0 Å². The molecule has 4 saturated carbocycles. The fraction of sp³-hybridized carbons (Fsp3) is 1.00. The topological polar surface area (TPSA) is 96.2 Å². The standard InChI is InChI=1S/C64H120N8.Cu/c1-9-17-29-41-43(31-19-11-3)47(35-23-15-7)55-53(45(41)33-21-13-5)61-68-59-51-39-27-25-37-49(51)57(66-59)65-58-50-38-26-28-40-52(50)60(67-58)69-62-54-46(34-22-14-6)42(30-18-10-2)44(32-20-12-4)48(36-24-16-8)56(54)64(71-62)72-63(55)70-61;/h41-72H,9-40H2,1-8H3;. The van der Waals surface area contributed by atoms with Crippen molar-refractivity contribution in [1.82, 2.24) is 42.5 Å². The molecule has 4 aliphatic carbocycles. The predicted molar refractivity (Wildman–Crippen MR) is 304 cm³/mol. The summed E-state index contributed by atoms with van der Waals surface area (Å²) in [5.74, 6) is 11.9. The third kappa shape index (κ3) is 12.9. The molecular weight excluding hydrogens is 944 g/mol. The first-order valence-corrected chi connectivity index (χ1v) is 33.5. The molecular formula is C64H120CuN8. The number of unbranched alkanes of at least 4 members (excludes halogenated alkanes) is 8. The van der Waals surface area contributed by atoms with Gasteiger partial charge in [0.25, 0.3) is 0 Å². The van der Waals surface area contributed by atoms with E-state index < -0.39 is 0 Å². The second kappa shape index (κ2) is 29.1. The second-order valence-corrected chi connectivity index (χ2v) is 27.1. The molecule has 0 amide bonds. The molecule has 0 spiro atoms. The molecule has 8 N–H and O–H groups in total. The van der Waals surface area contributed by atoms with Gasteiger partial charge in [0, 0.05) is 17.1 Å². The van der Waals surface area contributed by atoms with E-state index in [9.17, 15) is 0 Å². The van der Waals surface area contributed by atoms with Crippen LogP contribution in [-0.4, -0.2) is 49.3 Å². The van der Waals surface area contributed by atoms with Gasteiger partial charge in [0.15, 0.2) is 0 Å².